The van der Waals surface area contributed by atoms with Crippen LogP contribution in [0.15, 0.2) is 23.9 Å². The molecule has 1 saturated heterocycles. The van der Waals surface area contributed by atoms with Gasteiger partial charge in [0.05, 0.1) is 11.2 Å². The maximum atomic E-state index is 14.6. The quantitative estimate of drug-likeness (QED) is 0.485. The summed E-state index contributed by atoms with van der Waals surface area (Å²) in [5, 5.41) is 0. The van der Waals surface area contributed by atoms with Crippen LogP contribution in [0.2, 0.25) is 0 Å². The zero-order chi connectivity index (χ0) is 20.1. The molecule has 0 saturated carbocycles. The second kappa shape index (κ2) is 6.34. The molecule has 1 aliphatic heterocycles. The molecule has 1 fully saturated rings. The van der Waals surface area contributed by atoms with Crippen molar-refractivity contribution in [1.82, 2.24) is 0 Å². The molecule has 26 heavy (non-hydrogen) atoms. The van der Waals surface area contributed by atoms with E-state index in [4.69, 9.17) is 9.31 Å². The maximum Gasteiger partial charge on any atom is 0.525 e. The van der Waals surface area contributed by atoms with E-state index < -0.39 is 47.0 Å². The lowest BCUT2D eigenvalue weighted by Crippen LogP contribution is -2.41. The molecule has 0 amide bonds. The van der Waals surface area contributed by atoms with Gasteiger partial charge in [-0.3, -0.25) is 0 Å². The molecule has 0 bridgehead atoms. The van der Waals surface area contributed by atoms with Crippen molar-refractivity contribution in [3.05, 3.63) is 40.6 Å². The van der Waals surface area contributed by atoms with Crippen molar-refractivity contribution in [3.8, 4) is 0 Å². The number of hydrogen-bond acceptors (Lipinski definition) is 2. The fourth-order valence-corrected chi connectivity index (χ4v) is 2.42. The van der Waals surface area contributed by atoms with Crippen molar-refractivity contribution in [2.45, 2.75) is 64.6 Å². The minimum atomic E-state index is -3.34. The normalized spacial score (nSPS) is 20.6. The molecule has 144 valence electrons. The SMILES string of the molecule is CC(F)(F)c1cc(C=C(F)B2OC(C)(C)C(C)(C)O2)cc(C(C)(F)F)c1. The highest BCUT2D eigenvalue weighted by atomic mass is 19.3. The molecular formula is C18H22BF5O2. The van der Waals surface area contributed by atoms with Crippen molar-refractivity contribution in [3.63, 3.8) is 0 Å². The average molecular weight is 376 g/mol. The minimum absolute atomic E-state index is 0.118. The van der Waals surface area contributed by atoms with Crippen molar-refractivity contribution in [2.75, 3.05) is 0 Å². The fourth-order valence-electron chi connectivity index (χ4n) is 2.42. The predicted octanol–water partition coefficient (Wildman–Crippen LogP) is 5.85. The van der Waals surface area contributed by atoms with Gasteiger partial charge in [-0.2, -0.15) is 0 Å². The highest BCUT2D eigenvalue weighted by molar-refractivity contribution is 6.54. The number of alkyl halides is 4. The van der Waals surface area contributed by atoms with Gasteiger partial charge < -0.3 is 9.31 Å². The zero-order valence-corrected chi connectivity index (χ0v) is 15.6. The van der Waals surface area contributed by atoms with Crippen molar-refractivity contribution < 1.29 is 31.3 Å². The summed E-state index contributed by atoms with van der Waals surface area (Å²) in [6.45, 7) is 8.11. The van der Waals surface area contributed by atoms with Gasteiger partial charge in [0.15, 0.2) is 0 Å². The van der Waals surface area contributed by atoms with E-state index in [0.717, 1.165) is 24.3 Å². The first kappa shape index (κ1) is 20.9. The van der Waals surface area contributed by atoms with Crippen LogP contribution in [-0.2, 0) is 21.2 Å². The van der Waals surface area contributed by atoms with Crippen LogP contribution in [-0.4, -0.2) is 18.3 Å². The van der Waals surface area contributed by atoms with Crippen LogP contribution in [0.5, 0.6) is 0 Å². The van der Waals surface area contributed by atoms with Crippen molar-refractivity contribution in [2.24, 2.45) is 0 Å². The third kappa shape index (κ3) is 4.28. The Labute approximate surface area is 150 Å². The Morgan fingerprint density at radius 1 is 0.885 bits per heavy atom. The Kier molecular flexibility index (Phi) is 5.10. The standard InChI is InChI=1S/C18H22BF5O2/c1-15(2)16(3,4)26-19(25-15)14(20)9-11-7-12(17(5,21)22)10-13(8-11)18(6,23)24/h7-10H,1-6H3. The molecule has 0 unspecified atom stereocenters. The Morgan fingerprint density at radius 3 is 1.62 bits per heavy atom. The van der Waals surface area contributed by atoms with Crippen molar-refractivity contribution in [1.29, 1.82) is 0 Å². The Bertz CT molecular complexity index is 669. The first-order valence-electron chi connectivity index (χ1n) is 8.17. The molecule has 0 radical (unpaired) electrons. The van der Waals surface area contributed by atoms with Crippen molar-refractivity contribution >= 4 is 13.2 Å². The maximum absolute atomic E-state index is 14.6. The second-order valence-corrected chi connectivity index (χ2v) is 7.74. The molecule has 2 nitrogen and oxygen atoms in total. The zero-order valence-electron chi connectivity index (χ0n) is 15.6. The number of halogens is 5. The number of hydrogen-bond donors (Lipinski definition) is 0. The van der Waals surface area contributed by atoms with E-state index in [-0.39, 0.29) is 5.56 Å². The summed E-state index contributed by atoms with van der Waals surface area (Å²) in [5.74, 6) is -6.69. The molecular weight excluding hydrogens is 354 g/mol. The largest absolute Gasteiger partial charge is 0.525 e. The van der Waals surface area contributed by atoms with E-state index in [1.165, 1.54) is 0 Å². The lowest BCUT2D eigenvalue weighted by atomic mass is 9.86. The van der Waals surface area contributed by atoms with E-state index in [0.29, 0.717) is 13.8 Å². The Hall–Kier alpha value is -1.41. The summed E-state index contributed by atoms with van der Waals surface area (Å²) in [4.78, 5) is 0. The Balaban J connectivity index is 2.44. The van der Waals surface area contributed by atoms with Gasteiger partial charge in [-0.25, -0.2) is 22.0 Å². The van der Waals surface area contributed by atoms with Crippen LogP contribution in [0.4, 0.5) is 22.0 Å². The van der Waals surface area contributed by atoms with Gasteiger partial charge in [0.1, 0.15) is 5.73 Å². The molecule has 1 aromatic rings. The van der Waals surface area contributed by atoms with Crippen LogP contribution >= 0.6 is 0 Å². The summed E-state index contributed by atoms with van der Waals surface area (Å²) in [6, 6.07) is 2.67. The summed E-state index contributed by atoms with van der Waals surface area (Å²) in [6.07, 6.45) is 0.882. The van der Waals surface area contributed by atoms with Crippen LogP contribution in [0, 0.1) is 0 Å². The van der Waals surface area contributed by atoms with Crippen LogP contribution in [0.25, 0.3) is 6.08 Å². The molecule has 8 heteroatoms. The number of benzene rings is 1. The molecule has 0 aliphatic carbocycles. The van der Waals surface area contributed by atoms with E-state index in [1.807, 2.05) is 0 Å². The van der Waals surface area contributed by atoms with Crippen LogP contribution < -0.4 is 0 Å². The fraction of sp³-hybridized carbons (Fsp3) is 0.556. The summed E-state index contributed by atoms with van der Waals surface area (Å²) in [5.41, 5.74) is -3.82. The predicted molar refractivity (Wildman–Crippen MR) is 90.7 cm³/mol. The Morgan fingerprint density at radius 2 is 1.27 bits per heavy atom. The summed E-state index contributed by atoms with van der Waals surface area (Å²) < 4.78 is 80.2. The van der Waals surface area contributed by atoms with Gasteiger partial charge in [0.25, 0.3) is 11.8 Å². The topological polar surface area (TPSA) is 18.5 Å². The van der Waals surface area contributed by atoms with Crippen LogP contribution in [0.1, 0.15) is 58.2 Å². The molecule has 1 aromatic carbocycles. The monoisotopic (exact) mass is 376 g/mol. The van der Waals surface area contributed by atoms with Gasteiger partial charge in [0, 0.05) is 25.0 Å². The van der Waals surface area contributed by atoms with Gasteiger partial charge in [0.2, 0.25) is 0 Å². The third-order valence-electron chi connectivity index (χ3n) is 4.75. The smallest absolute Gasteiger partial charge is 0.398 e. The van der Waals surface area contributed by atoms with Gasteiger partial charge in [-0.1, -0.05) is 0 Å². The molecule has 0 aromatic heterocycles. The summed E-state index contributed by atoms with van der Waals surface area (Å²) in [7, 11) is -1.34. The van der Waals surface area contributed by atoms with E-state index in [1.54, 1.807) is 27.7 Å². The molecule has 1 aliphatic rings. The van der Waals surface area contributed by atoms with E-state index in [9.17, 15) is 22.0 Å². The lowest BCUT2D eigenvalue weighted by molar-refractivity contribution is 0.00578. The van der Waals surface area contributed by atoms with Gasteiger partial charge in [-0.15, -0.1) is 0 Å². The molecule has 0 spiro atoms. The van der Waals surface area contributed by atoms with E-state index >= 15 is 0 Å². The molecule has 1 heterocycles. The van der Waals surface area contributed by atoms with Gasteiger partial charge in [-0.05, 0) is 57.5 Å². The third-order valence-corrected chi connectivity index (χ3v) is 4.75. The number of rotatable bonds is 4. The lowest BCUT2D eigenvalue weighted by Gasteiger charge is -2.32. The molecule has 2 rings (SSSR count). The van der Waals surface area contributed by atoms with Crippen LogP contribution in [0.3, 0.4) is 0 Å². The highest BCUT2D eigenvalue weighted by Gasteiger charge is 2.53. The first-order valence-corrected chi connectivity index (χ1v) is 8.17. The first-order chi connectivity index (χ1) is 11.5. The van der Waals surface area contributed by atoms with Gasteiger partial charge >= 0.3 is 7.12 Å². The molecule has 0 N–H and O–H groups in total. The second-order valence-electron chi connectivity index (χ2n) is 7.74. The minimum Gasteiger partial charge on any atom is -0.398 e. The molecule has 0 atom stereocenters. The highest BCUT2D eigenvalue weighted by Crippen LogP contribution is 2.40. The summed E-state index contributed by atoms with van der Waals surface area (Å²) >= 11 is 0. The van der Waals surface area contributed by atoms with E-state index in [2.05, 4.69) is 0 Å². The average Bonchev–Trinajstić information content (AvgIpc) is 2.65.